The SMILES string of the molecule is Cc1ccc(C(F)(F)F)cc1Nc1nc(C(=O)NS(=O)(=O)N2CCCOCC2)co1. The van der Waals surface area contributed by atoms with Gasteiger partial charge >= 0.3 is 16.4 Å². The first-order valence-electron chi connectivity index (χ1n) is 8.86. The van der Waals surface area contributed by atoms with Crippen molar-refractivity contribution in [3.05, 3.63) is 41.3 Å². The highest BCUT2D eigenvalue weighted by atomic mass is 32.2. The molecule has 0 atom stereocenters. The van der Waals surface area contributed by atoms with E-state index in [1.807, 2.05) is 4.72 Å². The van der Waals surface area contributed by atoms with E-state index in [-0.39, 0.29) is 37.1 Å². The van der Waals surface area contributed by atoms with Crippen LogP contribution < -0.4 is 10.0 Å². The van der Waals surface area contributed by atoms with Crippen molar-refractivity contribution in [3.63, 3.8) is 0 Å². The number of ether oxygens (including phenoxy) is 1. The van der Waals surface area contributed by atoms with Crippen molar-refractivity contribution in [2.75, 3.05) is 31.6 Å². The Morgan fingerprint density at radius 3 is 2.73 bits per heavy atom. The van der Waals surface area contributed by atoms with Gasteiger partial charge in [0.1, 0.15) is 6.26 Å². The lowest BCUT2D eigenvalue weighted by Gasteiger charge is -2.18. The number of amides is 1. The predicted molar refractivity (Wildman–Crippen MR) is 99.4 cm³/mol. The molecule has 0 bridgehead atoms. The van der Waals surface area contributed by atoms with E-state index in [1.54, 1.807) is 6.92 Å². The minimum Gasteiger partial charge on any atom is -0.431 e. The standard InChI is InChI=1S/C17H19F3N4O5S/c1-11-3-4-12(17(18,19)20)9-13(11)21-16-22-14(10-29-16)15(25)23-30(26,27)24-5-2-7-28-8-6-24/h3-4,9-10H,2,5-8H2,1H3,(H,21,22)(H,23,25). The largest absolute Gasteiger partial charge is 0.431 e. The molecule has 0 saturated carbocycles. The number of hydrogen-bond donors (Lipinski definition) is 2. The van der Waals surface area contributed by atoms with Gasteiger partial charge < -0.3 is 14.5 Å². The maximum Gasteiger partial charge on any atom is 0.416 e. The minimum absolute atomic E-state index is 0.0795. The van der Waals surface area contributed by atoms with Crippen molar-refractivity contribution in [2.45, 2.75) is 19.5 Å². The van der Waals surface area contributed by atoms with E-state index >= 15 is 0 Å². The Bertz CT molecular complexity index is 1010. The zero-order chi connectivity index (χ0) is 21.9. The van der Waals surface area contributed by atoms with E-state index < -0.39 is 27.9 Å². The number of anilines is 2. The highest BCUT2D eigenvalue weighted by Gasteiger charge is 2.31. The number of benzene rings is 1. The van der Waals surface area contributed by atoms with E-state index in [0.717, 1.165) is 22.7 Å². The molecular weight excluding hydrogens is 429 g/mol. The van der Waals surface area contributed by atoms with Crippen molar-refractivity contribution >= 4 is 27.8 Å². The molecular formula is C17H19F3N4O5S. The Hall–Kier alpha value is -2.64. The molecule has 2 aromatic rings. The van der Waals surface area contributed by atoms with Gasteiger partial charge in [-0.3, -0.25) is 4.79 Å². The molecule has 1 aromatic heterocycles. The molecule has 2 N–H and O–H groups in total. The second kappa shape index (κ2) is 8.62. The third-order valence-electron chi connectivity index (χ3n) is 4.29. The fourth-order valence-corrected chi connectivity index (χ4v) is 3.83. The predicted octanol–water partition coefficient (Wildman–Crippen LogP) is 2.44. The summed E-state index contributed by atoms with van der Waals surface area (Å²) in [6.07, 6.45) is -3.14. The fraction of sp³-hybridized carbons (Fsp3) is 0.412. The summed E-state index contributed by atoms with van der Waals surface area (Å²) in [6.45, 7) is 2.51. The van der Waals surface area contributed by atoms with Crippen LogP contribution in [0.15, 0.2) is 28.9 Å². The van der Waals surface area contributed by atoms with Gasteiger partial charge in [0.2, 0.25) is 0 Å². The summed E-state index contributed by atoms with van der Waals surface area (Å²) in [5.74, 6) is -1.03. The highest BCUT2D eigenvalue weighted by molar-refractivity contribution is 7.87. The molecule has 3 rings (SSSR count). The van der Waals surface area contributed by atoms with Crippen molar-refractivity contribution in [3.8, 4) is 0 Å². The summed E-state index contributed by atoms with van der Waals surface area (Å²) in [6, 6.07) is 2.83. The number of hydrogen-bond acceptors (Lipinski definition) is 7. The topological polar surface area (TPSA) is 114 Å². The molecule has 0 unspecified atom stereocenters. The first kappa shape index (κ1) is 22.1. The average Bonchev–Trinajstić information content (AvgIpc) is 2.94. The van der Waals surface area contributed by atoms with E-state index in [1.165, 1.54) is 6.07 Å². The van der Waals surface area contributed by atoms with Crippen LogP contribution in [-0.2, 0) is 21.1 Å². The molecule has 1 aliphatic rings. The highest BCUT2D eigenvalue weighted by Crippen LogP contribution is 2.32. The summed E-state index contributed by atoms with van der Waals surface area (Å²) in [7, 11) is -4.11. The summed E-state index contributed by atoms with van der Waals surface area (Å²) in [5, 5.41) is 2.56. The third-order valence-corrected chi connectivity index (χ3v) is 5.77. The molecule has 0 radical (unpaired) electrons. The van der Waals surface area contributed by atoms with Crippen molar-refractivity contribution in [1.29, 1.82) is 0 Å². The zero-order valence-electron chi connectivity index (χ0n) is 15.8. The van der Waals surface area contributed by atoms with Crippen LogP contribution >= 0.6 is 0 Å². The van der Waals surface area contributed by atoms with Gasteiger partial charge in [-0.05, 0) is 31.0 Å². The molecule has 0 spiro atoms. The van der Waals surface area contributed by atoms with Gasteiger partial charge in [0, 0.05) is 25.4 Å². The normalized spacial score (nSPS) is 16.1. The Morgan fingerprint density at radius 2 is 2.00 bits per heavy atom. The zero-order valence-corrected chi connectivity index (χ0v) is 16.6. The maximum atomic E-state index is 12.9. The Labute approximate surface area is 170 Å². The first-order chi connectivity index (χ1) is 14.1. The maximum absolute atomic E-state index is 12.9. The van der Waals surface area contributed by atoms with E-state index in [2.05, 4.69) is 10.3 Å². The van der Waals surface area contributed by atoms with Gasteiger partial charge in [0.15, 0.2) is 5.69 Å². The van der Waals surface area contributed by atoms with Gasteiger partial charge in [0.05, 0.1) is 12.2 Å². The van der Waals surface area contributed by atoms with Crippen LogP contribution in [-0.4, -0.2) is 49.9 Å². The van der Waals surface area contributed by atoms with Crippen LogP contribution in [0.5, 0.6) is 0 Å². The molecule has 30 heavy (non-hydrogen) atoms. The molecule has 1 amide bonds. The van der Waals surface area contributed by atoms with Crippen molar-refractivity contribution in [1.82, 2.24) is 14.0 Å². The number of alkyl halides is 3. The first-order valence-corrected chi connectivity index (χ1v) is 10.3. The van der Waals surface area contributed by atoms with Gasteiger partial charge in [-0.15, -0.1) is 0 Å². The number of nitrogens with one attached hydrogen (secondary N) is 2. The van der Waals surface area contributed by atoms with Crippen LogP contribution in [0.2, 0.25) is 0 Å². The number of oxazole rings is 1. The molecule has 1 fully saturated rings. The van der Waals surface area contributed by atoms with E-state index in [0.29, 0.717) is 18.6 Å². The van der Waals surface area contributed by atoms with Crippen molar-refractivity contribution in [2.24, 2.45) is 0 Å². The molecule has 1 aliphatic heterocycles. The van der Waals surface area contributed by atoms with Crippen LogP contribution in [0.4, 0.5) is 24.9 Å². The Morgan fingerprint density at radius 1 is 1.23 bits per heavy atom. The minimum atomic E-state index is -4.53. The lowest BCUT2D eigenvalue weighted by molar-refractivity contribution is -0.137. The van der Waals surface area contributed by atoms with Gasteiger partial charge in [-0.1, -0.05) is 6.07 Å². The molecule has 1 saturated heterocycles. The number of carbonyl (C=O) groups is 1. The van der Waals surface area contributed by atoms with Crippen LogP contribution in [0.1, 0.15) is 28.0 Å². The number of aryl methyl sites for hydroxylation is 1. The molecule has 1 aromatic carbocycles. The molecule has 164 valence electrons. The molecule has 2 heterocycles. The Balaban J connectivity index is 1.71. The van der Waals surface area contributed by atoms with Crippen molar-refractivity contribution < 1.29 is 35.5 Å². The Kier molecular flexibility index (Phi) is 6.33. The third kappa shape index (κ3) is 5.29. The van der Waals surface area contributed by atoms with Crippen LogP contribution in [0.25, 0.3) is 0 Å². The lowest BCUT2D eigenvalue weighted by atomic mass is 10.1. The second-order valence-electron chi connectivity index (χ2n) is 6.49. The number of rotatable bonds is 5. The quantitative estimate of drug-likeness (QED) is 0.722. The molecule has 0 aliphatic carbocycles. The van der Waals surface area contributed by atoms with Crippen LogP contribution in [0.3, 0.4) is 0 Å². The summed E-state index contributed by atoms with van der Waals surface area (Å²) >= 11 is 0. The lowest BCUT2D eigenvalue weighted by Crippen LogP contribution is -2.44. The number of carbonyl (C=O) groups excluding carboxylic acids is 1. The van der Waals surface area contributed by atoms with Crippen LogP contribution in [0, 0.1) is 6.92 Å². The number of halogens is 3. The fourth-order valence-electron chi connectivity index (χ4n) is 2.68. The van der Waals surface area contributed by atoms with Gasteiger partial charge in [-0.25, -0.2) is 4.72 Å². The smallest absolute Gasteiger partial charge is 0.416 e. The summed E-state index contributed by atoms with van der Waals surface area (Å²) in [4.78, 5) is 16.1. The molecule has 13 heteroatoms. The summed E-state index contributed by atoms with van der Waals surface area (Å²) in [5.41, 5.74) is -0.654. The monoisotopic (exact) mass is 448 g/mol. The van der Waals surface area contributed by atoms with Gasteiger partial charge in [0.25, 0.3) is 11.9 Å². The second-order valence-corrected chi connectivity index (χ2v) is 8.16. The molecule has 9 nitrogen and oxygen atoms in total. The van der Waals surface area contributed by atoms with Gasteiger partial charge in [-0.2, -0.15) is 30.9 Å². The average molecular weight is 448 g/mol. The number of nitrogens with zero attached hydrogens (tertiary/aromatic N) is 2. The summed E-state index contributed by atoms with van der Waals surface area (Å²) < 4.78 is 76.6. The number of aromatic nitrogens is 1. The van der Waals surface area contributed by atoms with E-state index in [4.69, 9.17) is 9.15 Å². The van der Waals surface area contributed by atoms with E-state index in [9.17, 15) is 26.4 Å².